The fourth-order valence-corrected chi connectivity index (χ4v) is 2.47. The maximum atomic E-state index is 11.5. The molecule has 2 aromatic rings. The molecular formula is C12H15N3O2S. The van der Waals surface area contributed by atoms with Gasteiger partial charge in [-0.15, -0.1) is 0 Å². The van der Waals surface area contributed by atoms with Crippen molar-refractivity contribution >= 4 is 9.84 Å². The Hall–Kier alpha value is -1.66. The van der Waals surface area contributed by atoms with E-state index in [1.54, 1.807) is 36.1 Å². The molecule has 1 atom stereocenters. The Morgan fingerprint density at radius 1 is 1.33 bits per heavy atom. The lowest BCUT2D eigenvalue weighted by molar-refractivity contribution is 0.601. The molecule has 1 aromatic heterocycles. The van der Waals surface area contributed by atoms with Gasteiger partial charge in [0.15, 0.2) is 9.84 Å². The van der Waals surface area contributed by atoms with Gasteiger partial charge < -0.3 is 5.73 Å². The monoisotopic (exact) mass is 265 g/mol. The maximum absolute atomic E-state index is 11.5. The minimum atomic E-state index is -3.22. The van der Waals surface area contributed by atoms with Crippen LogP contribution in [0.4, 0.5) is 0 Å². The van der Waals surface area contributed by atoms with Gasteiger partial charge in [0.2, 0.25) is 0 Å². The number of aromatic nitrogens is 2. The average Bonchev–Trinajstić information content (AvgIpc) is 2.73. The summed E-state index contributed by atoms with van der Waals surface area (Å²) in [5.74, 6) is 0. The smallest absolute Gasteiger partial charge is 0.175 e. The Morgan fingerprint density at radius 2 is 2.06 bits per heavy atom. The van der Waals surface area contributed by atoms with E-state index in [1.807, 2.05) is 12.1 Å². The molecule has 2 rings (SSSR count). The van der Waals surface area contributed by atoms with Gasteiger partial charge in [-0.1, -0.05) is 12.1 Å². The highest BCUT2D eigenvalue weighted by Crippen LogP contribution is 2.21. The number of rotatable bonds is 3. The lowest BCUT2D eigenvalue weighted by Gasteiger charge is -2.13. The van der Waals surface area contributed by atoms with Crippen molar-refractivity contribution < 1.29 is 8.42 Å². The summed E-state index contributed by atoms with van der Waals surface area (Å²) in [5, 5.41) is 4.05. The highest BCUT2D eigenvalue weighted by Gasteiger charge is 2.15. The first-order chi connectivity index (χ1) is 8.39. The van der Waals surface area contributed by atoms with Crippen LogP contribution in [0.2, 0.25) is 0 Å². The van der Waals surface area contributed by atoms with E-state index in [9.17, 15) is 8.42 Å². The molecule has 5 nitrogen and oxygen atoms in total. The van der Waals surface area contributed by atoms with Gasteiger partial charge >= 0.3 is 0 Å². The maximum Gasteiger partial charge on any atom is 0.175 e. The lowest BCUT2D eigenvalue weighted by atomic mass is 10.1. The van der Waals surface area contributed by atoms with Crippen LogP contribution in [0.5, 0.6) is 0 Å². The summed E-state index contributed by atoms with van der Waals surface area (Å²) in [6.45, 7) is 0. The normalized spacial score (nSPS) is 13.5. The molecule has 0 spiro atoms. The third kappa shape index (κ3) is 2.44. The molecule has 18 heavy (non-hydrogen) atoms. The van der Waals surface area contributed by atoms with Crippen LogP contribution < -0.4 is 5.73 Å². The summed E-state index contributed by atoms with van der Waals surface area (Å²) in [6, 6.07) is 8.10. The Kier molecular flexibility index (Phi) is 3.23. The van der Waals surface area contributed by atoms with Crippen molar-refractivity contribution in [2.75, 3.05) is 6.26 Å². The second-order valence-electron chi connectivity index (χ2n) is 4.20. The second kappa shape index (κ2) is 4.55. The van der Waals surface area contributed by atoms with Gasteiger partial charge in [0.1, 0.15) is 0 Å². The lowest BCUT2D eigenvalue weighted by Crippen LogP contribution is -2.16. The second-order valence-corrected chi connectivity index (χ2v) is 6.22. The molecule has 0 aliphatic rings. The minimum absolute atomic E-state index is 0.276. The van der Waals surface area contributed by atoms with Gasteiger partial charge in [0.05, 0.1) is 16.6 Å². The van der Waals surface area contributed by atoms with Crippen LogP contribution in [0.15, 0.2) is 41.4 Å². The number of hydrogen-bond donors (Lipinski definition) is 1. The third-order valence-corrected chi connectivity index (χ3v) is 3.93. The van der Waals surface area contributed by atoms with Gasteiger partial charge in [-0.3, -0.25) is 4.68 Å². The predicted molar refractivity (Wildman–Crippen MR) is 68.8 cm³/mol. The standard InChI is InChI=1S/C12H15N3O2S/c1-15-11(6-7-14-15)12(13)9-4-3-5-10(8-9)18(2,16)17/h3-8,12H,13H2,1-2H3. The molecule has 0 fully saturated rings. The van der Waals surface area contributed by atoms with Crippen molar-refractivity contribution in [3.05, 3.63) is 47.8 Å². The van der Waals surface area contributed by atoms with Crippen LogP contribution in [0.3, 0.4) is 0 Å². The molecule has 0 aliphatic carbocycles. The van der Waals surface area contributed by atoms with Crippen molar-refractivity contribution in [1.82, 2.24) is 9.78 Å². The zero-order valence-corrected chi connectivity index (χ0v) is 11.1. The SMILES string of the molecule is Cn1nccc1C(N)c1cccc(S(C)(=O)=O)c1. The Balaban J connectivity index is 2.44. The van der Waals surface area contributed by atoms with E-state index < -0.39 is 9.84 Å². The average molecular weight is 265 g/mol. The van der Waals surface area contributed by atoms with Gasteiger partial charge in [-0.05, 0) is 23.8 Å². The van der Waals surface area contributed by atoms with Crippen molar-refractivity contribution in [1.29, 1.82) is 0 Å². The third-order valence-electron chi connectivity index (χ3n) is 2.82. The van der Waals surface area contributed by atoms with E-state index in [4.69, 9.17) is 5.73 Å². The van der Waals surface area contributed by atoms with Crippen molar-refractivity contribution in [3.63, 3.8) is 0 Å². The molecule has 0 aliphatic heterocycles. The number of sulfone groups is 1. The Bertz CT molecular complexity index is 661. The highest BCUT2D eigenvalue weighted by atomic mass is 32.2. The Labute approximate surface area is 106 Å². The molecule has 0 bridgehead atoms. The van der Waals surface area contributed by atoms with E-state index in [2.05, 4.69) is 5.10 Å². The number of aryl methyl sites for hydroxylation is 1. The quantitative estimate of drug-likeness (QED) is 0.893. The van der Waals surface area contributed by atoms with E-state index >= 15 is 0 Å². The molecular weight excluding hydrogens is 250 g/mol. The molecule has 2 N–H and O–H groups in total. The number of nitrogens with two attached hydrogens (primary N) is 1. The summed E-state index contributed by atoms with van der Waals surface area (Å²) < 4.78 is 24.7. The fourth-order valence-electron chi connectivity index (χ4n) is 1.80. The van der Waals surface area contributed by atoms with Crippen LogP contribution in [-0.2, 0) is 16.9 Å². The van der Waals surface area contributed by atoms with Crippen LogP contribution in [0, 0.1) is 0 Å². The summed E-state index contributed by atoms with van der Waals surface area (Å²) in [5.41, 5.74) is 7.70. The van der Waals surface area contributed by atoms with Gasteiger partial charge in [0.25, 0.3) is 0 Å². The molecule has 1 aromatic carbocycles. The van der Waals surface area contributed by atoms with Crippen LogP contribution in [0.25, 0.3) is 0 Å². The Morgan fingerprint density at radius 3 is 2.61 bits per heavy atom. The molecule has 1 unspecified atom stereocenters. The minimum Gasteiger partial charge on any atom is -0.319 e. The molecule has 0 radical (unpaired) electrons. The van der Waals surface area contributed by atoms with Crippen LogP contribution in [0.1, 0.15) is 17.3 Å². The molecule has 96 valence electrons. The van der Waals surface area contributed by atoms with E-state index in [1.165, 1.54) is 6.26 Å². The summed E-state index contributed by atoms with van der Waals surface area (Å²) in [4.78, 5) is 0.276. The zero-order valence-electron chi connectivity index (χ0n) is 10.2. The van der Waals surface area contributed by atoms with E-state index in [0.717, 1.165) is 11.3 Å². The van der Waals surface area contributed by atoms with E-state index in [0.29, 0.717) is 0 Å². The van der Waals surface area contributed by atoms with Gasteiger partial charge in [0, 0.05) is 19.5 Å². The van der Waals surface area contributed by atoms with Crippen molar-refractivity contribution in [2.24, 2.45) is 12.8 Å². The number of hydrogen-bond acceptors (Lipinski definition) is 4. The number of nitrogens with zero attached hydrogens (tertiary/aromatic N) is 2. The first-order valence-corrected chi connectivity index (χ1v) is 7.32. The molecule has 0 amide bonds. The zero-order chi connectivity index (χ0) is 13.3. The van der Waals surface area contributed by atoms with Gasteiger partial charge in [-0.2, -0.15) is 5.10 Å². The molecule has 0 saturated carbocycles. The highest BCUT2D eigenvalue weighted by molar-refractivity contribution is 7.90. The predicted octanol–water partition coefficient (Wildman–Crippen LogP) is 0.872. The van der Waals surface area contributed by atoms with Crippen molar-refractivity contribution in [2.45, 2.75) is 10.9 Å². The van der Waals surface area contributed by atoms with Gasteiger partial charge in [-0.25, -0.2) is 8.42 Å². The fraction of sp³-hybridized carbons (Fsp3) is 0.250. The topological polar surface area (TPSA) is 78.0 Å². The molecule has 0 saturated heterocycles. The summed E-state index contributed by atoms with van der Waals surface area (Å²) >= 11 is 0. The molecule has 1 heterocycles. The first-order valence-electron chi connectivity index (χ1n) is 5.43. The number of benzene rings is 1. The van der Waals surface area contributed by atoms with Crippen molar-refractivity contribution in [3.8, 4) is 0 Å². The van der Waals surface area contributed by atoms with Crippen LogP contribution in [-0.4, -0.2) is 24.5 Å². The van der Waals surface area contributed by atoms with Crippen LogP contribution >= 0.6 is 0 Å². The molecule has 6 heteroatoms. The summed E-state index contributed by atoms with van der Waals surface area (Å²) in [6.07, 6.45) is 2.84. The summed E-state index contributed by atoms with van der Waals surface area (Å²) in [7, 11) is -1.41. The van der Waals surface area contributed by atoms with E-state index in [-0.39, 0.29) is 10.9 Å². The first kappa shape index (κ1) is 12.8. The largest absolute Gasteiger partial charge is 0.319 e.